The zero-order chi connectivity index (χ0) is 15.4. The molecule has 4 heteroatoms. The van der Waals surface area contributed by atoms with Crippen molar-refractivity contribution < 1.29 is 18.7 Å². The topological polar surface area (TPSA) is 35.5 Å². The van der Waals surface area contributed by atoms with Gasteiger partial charge in [0.2, 0.25) is 0 Å². The molecule has 2 aromatic rings. The second-order valence-electron chi connectivity index (χ2n) is 4.91. The first kappa shape index (κ1) is 15.0. The molecule has 0 aliphatic heterocycles. The summed E-state index contributed by atoms with van der Waals surface area (Å²) in [6, 6.07) is 11.4. The van der Waals surface area contributed by atoms with Crippen molar-refractivity contribution in [2.24, 2.45) is 0 Å². The first-order chi connectivity index (χ1) is 9.99. The summed E-state index contributed by atoms with van der Waals surface area (Å²) >= 11 is 0. The molecule has 110 valence electrons. The van der Waals surface area contributed by atoms with E-state index in [0.717, 1.165) is 17.4 Å². The molecule has 3 nitrogen and oxygen atoms in total. The van der Waals surface area contributed by atoms with Crippen LogP contribution in [0.15, 0.2) is 42.5 Å². The van der Waals surface area contributed by atoms with Crippen molar-refractivity contribution in [2.75, 3.05) is 7.11 Å². The van der Waals surface area contributed by atoms with Crippen molar-refractivity contribution in [3.63, 3.8) is 0 Å². The van der Waals surface area contributed by atoms with Gasteiger partial charge < -0.3 is 9.47 Å². The van der Waals surface area contributed by atoms with Crippen LogP contribution in [0.3, 0.4) is 0 Å². The predicted octanol–water partition coefficient (Wildman–Crippen LogP) is 4.07. The normalized spacial score (nSPS) is 10.5. The largest absolute Gasteiger partial charge is 0.491 e. The highest BCUT2D eigenvalue weighted by Crippen LogP contribution is 2.25. The second-order valence-corrected chi connectivity index (χ2v) is 4.91. The van der Waals surface area contributed by atoms with Gasteiger partial charge >= 0.3 is 5.97 Å². The maximum atomic E-state index is 13.6. The molecule has 0 spiro atoms. The van der Waals surface area contributed by atoms with E-state index in [1.807, 2.05) is 38.1 Å². The molecule has 0 aromatic heterocycles. The third-order valence-electron chi connectivity index (χ3n) is 2.88. The van der Waals surface area contributed by atoms with Gasteiger partial charge in [-0.25, -0.2) is 9.18 Å². The lowest BCUT2D eigenvalue weighted by Gasteiger charge is -2.10. The number of carbonyl (C=O) groups excluding carboxylic acids is 1. The minimum atomic E-state index is -0.560. The average molecular weight is 288 g/mol. The van der Waals surface area contributed by atoms with Crippen LogP contribution in [0.25, 0.3) is 11.1 Å². The molecule has 0 amide bonds. The molecule has 0 radical (unpaired) electrons. The Morgan fingerprint density at radius 3 is 2.29 bits per heavy atom. The van der Waals surface area contributed by atoms with E-state index >= 15 is 0 Å². The van der Waals surface area contributed by atoms with Crippen molar-refractivity contribution >= 4 is 5.97 Å². The molecule has 2 rings (SSSR count). The Kier molecular flexibility index (Phi) is 4.58. The molecule has 0 bridgehead atoms. The molecule has 0 unspecified atom stereocenters. The molecular formula is C17H17FO3. The zero-order valence-corrected chi connectivity index (χ0v) is 12.2. The highest BCUT2D eigenvalue weighted by atomic mass is 19.1. The molecular weight excluding hydrogens is 271 g/mol. The lowest BCUT2D eigenvalue weighted by molar-refractivity contribution is 0.0600. The molecule has 0 atom stereocenters. The number of hydrogen-bond donors (Lipinski definition) is 0. The molecule has 0 aliphatic carbocycles. The number of hydrogen-bond acceptors (Lipinski definition) is 3. The maximum Gasteiger partial charge on any atom is 0.337 e. The Bertz CT molecular complexity index is 633. The first-order valence-corrected chi connectivity index (χ1v) is 6.65. The van der Waals surface area contributed by atoms with Gasteiger partial charge in [0, 0.05) is 0 Å². The quantitative estimate of drug-likeness (QED) is 0.796. The van der Waals surface area contributed by atoms with Crippen LogP contribution < -0.4 is 4.74 Å². The minimum absolute atomic E-state index is 0.0935. The second kappa shape index (κ2) is 6.39. The molecule has 21 heavy (non-hydrogen) atoms. The highest BCUT2D eigenvalue weighted by molar-refractivity contribution is 5.91. The first-order valence-electron chi connectivity index (χ1n) is 6.65. The minimum Gasteiger partial charge on any atom is -0.491 e. The van der Waals surface area contributed by atoms with Crippen molar-refractivity contribution in [2.45, 2.75) is 20.0 Å². The fraction of sp³-hybridized carbons (Fsp3) is 0.235. The summed E-state index contributed by atoms with van der Waals surface area (Å²) in [6.07, 6.45) is 0.0935. The van der Waals surface area contributed by atoms with E-state index in [1.54, 1.807) is 6.07 Å². The summed E-state index contributed by atoms with van der Waals surface area (Å²) in [5.74, 6) is -0.288. The number of benzene rings is 2. The lowest BCUT2D eigenvalue weighted by Crippen LogP contribution is -2.05. The monoisotopic (exact) mass is 288 g/mol. The predicted molar refractivity (Wildman–Crippen MR) is 78.9 cm³/mol. The van der Waals surface area contributed by atoms with Gasteiger partial charge in [-0.15, -0.1) is 0 Å². The number of carbonyl (C=O) groups is 1. The molecule has 0 saturated carbocycles. The number of esters is 1. The zero-order valence-electron chi connectivity index (χ0n) is 12.2. The van der Waals surface area contributed by atoms with Crippen LogP contribution in [0.1, 0.15) is 24.2 Å². The Labute approximate surface area is 123 Å². The third-order valence-corrected chi connectivity index (χ3v) is 2.88. The number of halogens is 1. The molecule has 0 N–H and O–H groups in total. The van der Waals surface area contributed by atoms with Crippen molar-refractivity contribution in [3.8, 4) is 16.9 Å². The Morgan fingerprint density at radius 1 is 1.05 bits per heavy atom. The number of rotatable bonds is 4. The van der Waals surface area contributed by atoms with Gasteiger partial charge in [-0.3, -0.25) is 0 Å². The molecule has 0 aliphatic rings. The number of methoxy groups -OCH3 is 1. The van der Waals surface area contributed by atoms with E-state index in [-0.39, 0.29) is 11.7 Å². The Balaban J connectivity index is 2.33. The van der Waals surface area contributed by atoms with E-state index in [1.165, 1.54) is 13.2 Å². The van der Waals surface area contributed by atoms with Crippen LogP contribution in [0, 0.1) is 5.82 Å². The van der Waals surface area contributed by atoms with Crippen LogP contribution in [-0.4, -0.2) is 19.2 Å². The molecule has 2 aromatic carbocycles. The van der Waals surface area contributed by atoms with Gasteiger partial charge in [-0.2, -0.15) is 0 Å². The van der Waals surface area contributed by atoms with E-state index < -0.39 is 11.8 Å². The van der Waals surface area contributed by atoms with Crippen molar-refractivity contribution in [1.82, 2.24) is 0 Å². The molecule has 0 fully saturated rings. The van der Waals surface area contributed by atoms with Gasteiger partial charge in [0.15, 0.2) is 0 Å². The molecule has 0 saturated heterocycles. The Hall–Kier alpha value is -2.36. The third kappa shape index (κ3) is 3.81. The van der Waals surface area contributed by atoms with Crippen LogP contribution in [0.4, 0.5) is 4.39 Å². The SMILES string of the molecule is COC(=O)c1cc(F)cc(-c2ccc(OC(C)C)cc2)c1. The van der Waals surface area contributed by atoms with E-state index in [9.17, 15) is 9.18 Å². The highest BCUT2D eigenvalue weighted by Gasteiger charge is 2.10. The van der Waals surface area contributed by atoms with Crippen molar-refractivity contribution in [3.05, 3.63) is 53.8 Å². The van der Waals surface area contributed by atoms with Gasteiger partial charge in [0.1, 0.15) is 11.6 Å². The van der Waals surface area contributed by atoms with Gasteiger partial charge in [0.05, 0.1) is 18.8 Å². The fourth-order valence-corrected chi connectivity index (χ4v) is 1.99. The summed E-state index contributed by atoms with van der Waals surface area (Å²) in [7, 11) is 1.27. The standard InChI is InChI=1S/C17H17FO3/c1-11(2)21-16-6-4-12(5-7-16)13-8-14(17(19)20-3)10-15(18)9-13/h4-11H,1-3H3. The van der Waals surface area contributed by atoms with Crippen LogP contribution in [0.5, 0.6) is 5.75 Å². The van der Waals surface area contributed by atoms with Crippen molar-refractivity contribution in [1.29, 1.82) is 0 Å². The van der Waals surface area contributed by atoms with Crippen LogP contribution >= 0.6 is 0 Å². The average Bonchev–Trinajstić information content (AvgIpc) is 2.46. The summed E-state index contributed by atoms with van der Waals surface area (Å²) in [4.78, 5) is 11.5. The summed E-state index contributed by atoms with van der Waals surface area (Å²) < 4.78 is 23.8. The number of ether oxygens (including phenoxy) is 2. The van der Waals surface area contributed by atoms with Gasteiger partial charge in [-0.1, -0.05) is 12.1 Å². The summed E-state index contributed by atoms with van der Waals surface area (Å²) in [6.45, 7) is 3.90. The molecule has 0 heterocycles. The summed E-state index contributed by atoms with van der Waals surface area (Å²) in [5.41, 5.74) is 1.61. The van der Waals surface area contributed by atoms with E-state index in [0.29, 0.717) is 5.56 Å². The van der Waals surface area contributed by atoms with Crippen LogP contribution in [-0.2, 0) is 4.74 Å². The smallest absolute Gasteiger partial charge is 0.337 e. The van der Waals surface area contributed by atoms with Gasteiger partial charge in [0.25, 0.3) is 0 Å². The lowest BCUT2D eigenvalue weighted by atomic mass is 10.0. The van der Waals surface area contributed by atoms with Crippen LogP contribution in [0.2, 0.25) is 0 Å². The van der Waals surface area contributed by atoms with E-state index in [4.69, 9.17) is 4.74 Å². The van der Waals surface area contributed by atoms with Gasteiger partial charge in [-0.05, 0) is 55.3 Å². The summed E-state index contributed by atoms with van der Waals surface area (Å²) in [5, 5.41) is 0. The maximum absolute atomic E-state index is 13.6. The fourth-order valence-electron chi connectivity index (χ4n) is 1.99. The Morgan fingerprint density at radius 2 is 1.71 bits per heavy atom. The van der Waals surface area contributed by atoms with E-state index in [2.05, 4.69) is 4.74 Å².